The molecule has 1 unspecified atom stereocenters. The minimum atomic E-state index is 0.730. The van der Waals surface area contributed by atoms with Crippen LogP contribution in [0.25, 0.3) is 10.2 Å². The second-order valence-corrected chi connectivity index (χ2v) is 6.17. The maximum atomic E-state index is 4.39. The summed E-state index contributed by atoms with van der Waals surface area (Å²) in [7, 11) is 2.23. The van der Waals surface area contributed by atoms with E-state index in [0.717, 1.165) is 23.2 Å². The molecule has 2 aromatic rings. The number of thiophene rings is 1. The summed E-state index contributed by atoms with van der Waals surface area (Å²) in [4.78, 5) is 12.3. The lowest BCUT2D eigenvalue weighted by molar-refractivity contribution is 0.301. The van der Waals surface area contributed by atoms with Crippen molar-refractivity contribution in [2.45, 2.75) is 32.2 Å². The molecule has 1 atom stereocenters. The lowest BCUT2D eigenvalue weighted by atomic mass is 10.1. The zero-order chi connectivity index (χ0) is 13.2. The summed E-state index contributed by atoms with van der Waals surface area (Å²) in [5.41, 5.74) is 1.26. The Morgan fingerprint density at radius 1 is 1.47 bits per heavy atom. The molecule has 1 saturated heterocycles. The van der Waals surface area contributed by atoms with Gasteiger partial charge in [0, 0.05) is 12.6 Å². The van der Waals surface area contributed by atoms with Crippen LogP contribution in [0.2, 0.25) is 0 Å². The van der Waals surface area contributed by atoms with Gasteiger partial charge in [-0.15, -0.1) is 11.3 Å². The van der Waals surface area contributed by atoms with Crippen molar-refractivity contribution in [2.24, 2.45) is 0 Å². The summed E-state index contributed by atoms with van der Waals surface area (Å²) in [6.45, 7) is 4.35. The first-order chi connectivity index (χ1) is 9.25. The Morgan fingerprint density at radius 2 is 2.37 bits per heavy atom. The number of likely N-dealkylation sites (tertiary alicyclic amines) is 1. The van der Waals surface area contributed by atoms with Crippen LogP contribution in [-0.2, 0) is 0 Å². The first kappa shape index (κ1) is 12.8. The largest absolute Gasteiger partial charge is 0.369 e. The van der Waals surface area contributed by atoms with Crippen molar-refractivity contribution in [1.29, 1.82) is 0 Å². The predicted molar refractivity (Wildman–Crippen MR) is 80.9 cm³/mol. The highest BCUT2D eigenvalue weighted by Gasteiger charge is 2.20. The molecule has 0 saturated carbocycles. The number of aryl methyl sites for hydroxylation is 1. The number of fused-ring (bicyclic) bond motifs is 1. The third-order valence-corrected chi connectivity index (χ3v) is 5.00. The van der Waals surface area contributed by atoms with Crippen LogP contribution in [0, 0.1) is 6.92 Å². The number of aromatic nitrogens is 2. The molecule has 3 rings (SSSR count). The minimum absolute atomic E-state index is 0.730. The lowest BCUT2D eigenvalue weighted by Crippen LogP contribution is -2.27. The molecule has 0 radical (unpaired) electrons. The maximum Gasteiger partial charge on any atom is 0.138 e. The van der Waals surface area contributed by atoms with E-state index in [4.69, 9.17) is 0 Å². The molecule has 0 bridgehead atoms. The van der Waals surface area contributed by atoms with Crippen LogP contribution in [0.5, 0.6) is 0 Å². The molecule has 4 nitrogen and oxygen atoms in total. The summed E-state index contributed by atoms with van der Waals surface area (Å²) >= 11 is 1.69. The first-order valence-corrected chi connectivity index (χ1v) is 7.76. The van der Waals surface area contributed by atoms with Crippen LogP contribution in [0.4, 0.5) is 5.82 Å². The molecule has 102 valence electrons. The third kappa shape index (κ3) is 2.58. The summed E-state index contributed by atoms with van der Waals surface area (Å²) in [6, 6.07) is 0.730. The van der Waals surface area contributed by atoms with Crippen LogP contribution in [0.15, 0.2) is 11.7 Å². The van der Waals surface area contributed by atoms with Gasteiger partial charge in [0.25, 0.3) is 0 Å². The van der Waals surface area contributed by atoms with E-state index in [9.17, 15) is 0 Å². The number of nitrogens with one attached hydrogen (secondary N) is 1. The molecule has 0 aromatic carbocycles. The molecule has 0 spiro atoms. The zero-order valence-electron chi connectivity index (χ0n) is 11.5. The summed E-state index contributed by atoms with van der Waals surface area (Å²) in [6.07, 6.45) is 5.50. The molecule has 0 amide bonds. The van der Waals surface area contributed by atoms with Crippen molar-refractivity contribution in [2.75, 3.05) is 25.5 Å². The molecule has 1 aliphatic rings. The van der Waals surface area contributed by atoms with Crippen LogP contribution < -0.4 is 5.32 Å². The average molecular weight is 276 g/mol. The average Bonchev–Trinajstić information content (AvgIpc) is 2.98. The third-order valence-electron chi connectivity index (χ3n) is 4.00. The molecule has 1 N–H and O–H groups in total. The Kier molecular flexibility index (Phi) is 3.66. The number of hydrogen-bond acceptors (Lipinski definition) is 5. The topological polar surface area (TPSA) is 41.1 Å². The fourth-order valence-corrected chi connectivity index (χ4v) is 3.74. The Morgan fingerprint density at radius 3 is 3.16 bits per heavy atom. The number of anilines is 1. The quantitative estimate of drug-likeness (QED) is 0.932. The van der Waals surface area contributed by atoms with Crippen molar-refractivity contribution >= 4 is 27.4 Å². The Labute approximate surface area is 117 Å². The smallest absolute Gasteiger partial charge is 0.138 e. The summed E-state index contributed by atoms with van der Waals surface area (Å²) < 4.78 is 0. The molecular formula is C14H20N4S. The van der Waals surface area contributed by atoms with Gasteiger partial charge in [-0.1, -0.05) is 0 Å². The van der Waals surface area contributed by atoms with E-state index in [0.29, 0.717) is 0 Å². The van der Waals surface area contributed by atoms with E-state index in [-0.39, 0.29) is 0 Å². The van der Waals surface area contributed by atoms with Gasteiger partial charge < -0.3 is 10.2 Å². The van der Waals surface area contributed by atoms with E-state index < -0.39 is 0 Å². The number of rotatable bonds is 4. The molecule has 3 heterocycles. The maximum absolute atomic E-state index is 4.39. The monoisotopic (exact) mass is 276 g/mol. The molecule has 2 aromatic heterocycles. The Balaban J connectivity index is 1.67. The van der Waals surface area contributed by atoms with Crippen LogP contribution >= 0.6 is 11.3 Å². The molecule has 1 fully saturated rings. The molecule has 19 heavy (non-hydrogen) atoms. The van der Waals surface area contributed by atoms with Crippen LogP contribution in [0.3, 0.4) is 0 Å². The molecule has 1 aliphatic heterocycles. The molecule has 0 aliphatic carbocycles. The van der Waals surface area contributed by atoms with Crippen LogP contribution in [-0.4, -0.2) is 41.0 Å². The Hall–Kier alpha value is -1.20. The van der Waals surface area contributed by atoms with Gasteiger partial charge in [0.15, 0.2) is 0 Å². The van der Waals surface area contributed by atoms with Crippen molar-refractivity contribution in [3.63, 3.8) is 0 Å². The second kappa shape index (κ2) is 5.43. The second-order valence-electron chi connectivity index (χ2n) is 5.31. The first-order valence-electron chi connectivity index (χ1n) is 6.88. The summed E-state index contributed by atoms with van der Waals surface area (Å²) in [5, 5.41) is 6.83. The van der Waals surface area contributed by atoms with Gasteiger partial charge in [-0.2, -0.15) is 0 Å². The van der Waals surface area contributed by atoms with Gasteiger partial charge >= 0.3 is 0 Å². The van der Waals surface area contributed by atoms with Gasteiger partial charge in [-0.05, 0) is 50.7 Å². The normalized spacial score (nSPS) is 20.2. The van der Waals surface area contributed by atoms with Crippen molar-refractivity contribution in [3.05, 3.63) is 17.3 Å². The SMILES string of the molecule is Cc1csc2ncnc(NCCC3CCCN3C)c12. The van der Waals surface area contributed by atoms with Gasteiger partial charge in [-0.3, -0.25) is 0 Å². The molecule has 5 heteroatoms. The summed E-state index contributed by atoms with van der Waals surface area (Å²) in [5.74, 6) is 0.990. The number of hydrogen-bond donors (Lipinski definition) is 1. The van der Waals surface area contributed by atoms with E-state index in [1.165, 1.54) is 36.8 Å². The van der Waals surface area contributed by atoms with E-state index in [1.807, 2.05) is 0 Å². The fourth-order valence-electron chi connectivity index (χ4n) is 2.85. The van der Waals surface area contributed by atoms with E-state index in [2.05, 4.69) is 39.5 Å². The van der Waals surface area contributed by atoms with E-state index >= 15 is 0 Å². The number of nitrogens with zero attached hydrogens (tertiary/aromatic N) is 3. The lowest BCUT2D eigenvalue weighted by Gasteiger charge is -2.19. The van der Waals surface area contributed by atoms with Crippen molar-refractivity contribution < 1.29 is 0 Å². The minimum Gasteiger partial charge on any atom is -0.369 e. The molecular weight excluding hydrogens is 256 g/mol. The van der Waals surface area contributed by atoms with Gasteiger partial charge in [0.2, 0.25) is 0 Å². The standard InChI is InChI=1S/C14H20N4S/c1-10-8-19-14-12(10)13(16-9-17-14)15-6-5-11-4-3-7-18(11)2/h8-9,11H,3-7H2,1-2H3,(H,15,16,17). The van der Waals surface area contributed by atoms with Gasteiger partial charge in [0.05, 0.1) is 5.39 Å². The highest BCUT2D eigenvalue weighted by atomic mass is 32.1. The van der Waals surface area contributed by atoms with E-state index in [1.54, 1.807) is 17.7 Å². The van der Waals surface area contributed by atoms with Crippen LogP contribution in [0.1, 0.15) is 24.8 Å². The van der Waals surface area contributed by atoms with Crippen molar-refractivity contribution in [1.82, 2.24) is 14.9 Å². The highest BCUT2D eigenvalue weighted by molar-refractivity contribution is 7.17. The predicted octanol–water partition coefficient (Wildman–Crippen LogP) is 2.90. The van der Waals surface area contributed by atoms with Crippen molar-refractivity contribution in [3.8, 4) is 0 Å². The van der Waals surface area contributed by atoms with Gasteiger partial charge in [0.1, 0.15) is 17.0 Å². The highest BCUT2D eigenvalue weighted by Crippen LogP contribution is 2.28. The Bertz CT molecular complexity index is 566. The fraction of sp³-hybridized carbons (Fsp3) is 0.571. The zero-order valence-corrected chi connectivity index (χ0v) is 12.3. The van der Waals surface area contributed by atoms with Gasteiger partial charge in [-0.25, -0.2) is 9.97 Å².